The van der Waals surface area contributed by atoms with Crippen LogP contribution in [0.1, 0.15) is 5.56 Å². The summed E-state index contributed by atoms with van der Waals surface area (Å²) >= 11 is 0. The van der Waals surface area contributed by atoms with Crippen molar-refractivity contribution in [3.05, 3.63) is 35.9 Å². The van der Waals surface area contributed by atoms with E-state index in [9.17, 15) is 14.0 Å². The van der Waals surface area contributed by atoms with Gasteiger partial charge in [0.2, 0.25) is 0 Å². The molecular weight excluding hydrogens is 203 g/mol. The maximum Gasteiger partial charge on any atom is 0.352 e. The van der Waals surface area contributed by atoms with E-state index in [1.165, 1.54) is 0 Å². The monoisotopic (exact) mass is 212 g/mol. The summed E-state index contributed by atoms with van der Waals surface area (Å²) in [5, 5.41) is 8.17. The van der Waals surface area contributed by atoms with Crippen molar-refractivity contribution in [2.45, 2.75) is 12.8 Å². The standard InChI is InChI=1S/C10H9FO4/c11-8(9(12)13)10(14)15-6-7-4-2-1-3-5-7/h1-5,8H,6H2,(H,12,13)/t8-/m1/s1. The number of hydrogen-bond donors (Lipinski definition) is 1. The maximum atomic E-state index is 12.5. The third-order valence-corrected chi connectivity index (χ3v) is 1.65. The molecule has 0 heterocycles. The zero-order valence-corrected chi connectivity index (χ0v) is 7.72. The third kappa shape index (κ3) is 3.38. The number of alkyl halides is 1. The Labute approximate surface area is 85.3 Å². The summed E-state index contributed by atoms with van der Waals surface area (Å²) in [7, 11) is 0. The van der Waals surface area contributed by atoms with E-state index in [2.05, 4.69) is 4.74 Å². The summed E-state index contributed by atoms with van der Waals surface area (Å²) < 4.78 is 17.0. The molecule has 0 aliphatic heterocycles. The largest absolute Gasteiger partial charge is 0.479 e. The molecule has 1 N–H and O–H groups in total. The van der Waals surface area contributed by atoms with E-state index in [1.807, 2.05) is 0 Å². The van der Waals surface area contributed by atoms with Crippen LogP contribution in [0.15, 0.2) is 30.3 Å². The number of carbonyl (C=O) groups excluding carboxylic acids is 1. The van der Waals surface area contributed by atoms with Crippen molar-refractivity contribution < 1.29 is 23.8 Å². The number of ether oxygens (including phenoxy) is 1. The fraction of sp³-hybridized carbons (Fsp3) is 0.200. The topological polar surface area (TPSA) is 63.6 Å². The predicted octanol–water partition coefficient (Wildman–Crippen LogP) is 1.15. The lowest BCUT2D eigenvalue weighted by Gasteiger charge is -2.05. The highest BCUT2D eigenvalue weighted by molar-refractivity contribution is 5.96. The molecule has 0 bridgehead atoms. The number of esters is 1. The van der Waals surface area contributed by atoms with Crippen LogP contribution in [0, 0.1) is 0 Å². The predicted molar refractivity (Wildman–Crippen MR) is 48.8 cm³/mol. The Bertz CT molecular complexity index is 350. The highest BCUT2D eigenvalue weighted by Gasteiger charge is 2.26. The number of benzene rings is 1. The first-order valence-corrected chi connectivity index (χ1v) is 4.18. The van der Waals surface area contributed by atoms with Crippen molar-refractivity contribution in [3.63, 3.8) is 0 Å². The summed E-state index contributed by atoms with van der Waals surface area (Å²) in [5.74, 6) is -3.22. The normalized spacial score (nSPS) is 11.8. The molecule has 4 nitrogen and oxygen atoms in total. The van der Waals surface area contributed by atoms with Gasteiger partial charge in [0, 0.05) is 0 Å². The second-order valence-corrected chi connectivity index (χ2v) is 2.79. The van der Waals surface area contributed by atoms with E-state index in [0.717, 1.165) is 0 Å². The van der Waals surface area contributed by atoms with Gasteiger partial charge >= 0.3 is 11.9 Å². The summed E-state index contributed by atoms with van der Waals surface area (Å²) in [4.78, 5) is 20.9. The van der Waals surface area contributed by atoms with Gasteiger partial charge in [0.1, 0.15) is 6.61 Å². The Morgan fingerprint density at radius 3 is 2.47 bits per heavy atom. The Morgan fingerprint density at radius 1 is 1.33 bits per heavy atom. The van der Waals surface area contributed by atoms with E-state index in [0.29, 0.717) is 5.56 Å². The molecule has 0 unspecified atom stereocenters. The number of hydrogen-bond acceptors (Lipinski definition) is 3. The van der Waals surface area contributed by atoms with Crippen molar-refractivity contribution >= 4 is 11.9 Å². The summed E-state index contributed by atoms with van der Waals surface area (Å²) in [6.45, 7) is -0.132. The summed E-state index contributed by atoms with van der Waals surface area (Å²) in [6, 6.07) is 8.60. The van der Waals surface area contributed by atoms with E-state index in [4.69, 9.17) is 5.11 Å². The van der Waals surface area contributed by atoms with E-state index >= 15 is 0 Å². The molecule has 1 aromatic rings. The molecule has 1 rings (SSSR count). The van der Waals surface area contributed by atoms with Gasteiger partial charge in [-0.25, -0.2) is 14.0 Å². The van der Waals surface area contributed by atoms with Gasteiger partial charge in [-0.2, -0.15) is 0 Å². The molecule has 0 spiro atoms. The number of carboxylic acids is 1. The number of carboxylic acid groups (broad SMARTS) is 1. The van der Waals surface area contributed by atoms with Gasteiger partial charge in [-0.1, -0.05) is 30.3 Å². The van der Waals surface area contributed by atoms with Crippen LogP contribution in [0.2, 0.25) is 0 Å². The maximum absolute atomic E-state index is 12.5. The van der Waals surface area contributed by atoms with Crippen LogP contribution in [0.25, 0.3) is 0 Å². The Hall–Kier alpha value is -1.91. The van der Waals surface area contributed by atoms with Gasteiger partial charge in [0.25, 0.3) is 6.17 Å². The van der Waals surface area contributed by atoms with Crippen LogP contribution >= 0.6 is 0 Å². The molecule has 15 heavy (non-hydrogen) atoms. The highest BCUT2D eigenvalue weighted by atomic mass is 19.1. The van der Waals surface area contributed by atoms with Crippen LogP contribution < -0.4 is 0 Å². The molecule has 80 valence electrons. The smallest absolute Gasteiger partial charge is 0.352 e. The van der Waals surface area contributed by atoms with Gasteiger partial charge in [0.15, 0.2) is 0 Å². The van der Waals surface area contributed by atoms with Gasteiger partial charge in [-0.15, -0.1) is 0 Å². The fourth-order valence-electron chi connectivity index (χ4n) is 0.903. The van der Waals surface area contributed by atoms with Crippen LogP contribution in [0.3, 0.4) is 0 Å². The number of rotatable bonds is 4. The molecule has 0 fully saturated rings. The average molecular weight is 212 g/mol. The Kier molecular flexibility index (Phi) is 3.79. The molecule has 1 atom stereocenters. The lowest BCUT2D eigenvalue weighted by molar-refractivity contribution is -0.160. The second-order valence-electron chi connectivity index (χ2n) is 2.79. The SMILES string of the molecule is O=C(O)[C@@H](F)C(=O)OCc1ccccc1. The lowest BCUT2D eigenvalue weighted by Crippen LogP contribution is -2.27. The molecule has 0 amide bonds. The van der Waals surface area contributed by atoms with Crippen molar-refractivity contribution in [1.82, 2.24) is 0 Å². The zero-order valence-electron chi connectivity index (χ0n) is 7.72. The van der Waals surface area contributed by atoms with E-state index in [-0.39, 0.29) is 6.61 Å². The van der Waals surface area contributed by atoms with Crippen LogP contribution in [0.4, 0.5) is 4.39 Å². The quantitative estimate of drug-likeness (QED) is 0.600. The Morgan fingerprint density at radius 2 is 1.93 bits per heavy atom. The third-order valence-electron chi connectivity index (χ3n) is 1.65. The molecule has 0 aliphatic carbocycles. The minimum atomic E-state index is -2.62. The van der Waals surface area contributed by atoms with Crippen molar-refractivity contribution in [3.8, 4) is 0 Å². The molecule has 1 aromatic carbocycles. The Balaban J connectivity index is 2.44. The first-order valence-electron chi connectivity index (χ1n) is 4.18. The fourth-order valence-corrected chi connectivity index (χ4v) is 0.903. The molecule has 0 saturated carbocycles. The average Bonchev–Trinajstić information content (AvgIpc) is 2.26. The van der Waals surface area contributed by atoms with Gasteiger partial charge in [-0.05, 0) is 5.56 Å². The van der Waals surface area contributed by atoms with Crippen molar-refractivity contribution in [2.24, 2.45) is 0 Å². The van der Waals surface area contributed by atoms with Crippen LogP contribution in [-0.4, -0.2) is 23.2 Å². The second kappa shape index (κ2) is 5.09. The number of carbonyl (C=O) groups is 2. The zero-order chi connectivity index (χ0) is 11.3. The lowest BCUT2D eigenvalue weighted by atomic mass is 10.2. The first-order chi connectivity index (χ1) is 7.11. The van der Waals surface area contributed by atoms with Crippen LogP contribution in [0.5, 0.6) is 0 Å². The van der Waals surface area contributed by atoms with E-state index < -0.39 is 18.1 Å². The minimum Gasteiger partial charge on any atom is -0.479 e. The molecule has 0 aromatic heterocycles. The number of aliphatic carboxylic acids is 1. The minimum absolute atomic E-state index is 0.132. The summed E-state index contributed by atoms with van der Waals surface area (Å²) in [5.41, 5.74) is 0.670. The van der Waals surface area contributed by atoms with E-state index in [1.54, 1.807) is 30.3 Å². The molecule has 0 aliphatic rings. The van der Waals surface area contributed by atoms with Crippen LogP contribution in [-0.2, 0) is 20.9 Å². The molecule has 0 radical (unpaired) electrons. The first kappa shape index (κ1) is 11.2. The molecule has 5 heteroatoms. The van der Waals surface area contributed by atoms with Crippen molar-refractivity contribution in [1.29, 1.82) is 0 Å². The molecular formula is C10H9FO4. The highest BCUT2D eigenvalue weighted by Crippen LogP contribution is 2.03. The number of halogens is 1. The van der Waals surface area contributed by atoms with Gasteiger partial charge in [-0.3, -0.25) is 0 Å². The van der Waals surface area contributed by atoms with Gasteiger partial charge < -0.3 is 9.84 Å². The van der Waals surface area contributed by atoms with Crippen molar-refractivity contribution in [2.75, 3.05) is 0 Å². The molecule has 0 saturated heterocycles. The van der Waals surface area contributed by atoms with Gasteiger partial charge in [0.05, 0.1) is 0 Å². The summed E-state index contributed by atoms with van der Waals surface area (Å²) in [6.07, 6.45) is -2.62.